The predicted molar refractivity (Wildman–Crippen MR) is 99.8 cm³/mol. The lowest BCUT2D eigenvalue weighted by molar-refractivity contribution is 0.0935. The minimum atomic E-state index is -0.573. The van der Waals surface area contributed by atoms with Crippen LogP contribution in [0.15, 0.2) is 47.7 Å². The number of ether oxygens (including phenoxy) is 1. The van der Waals surface area contributed by atoms with Gasteiger partial charge in [0.2, 0.25) is 0 Å². The SMILES string of the molecule is COc1ccc(Cl)cc1C(=O)NC(C)c1nc(-c2ccncn2)cc(=O)[nH]1. The molecule has 27 heavy (non-hydrogen) atoms. The molecule has 0 bridgehead atoms. The fraction of sp³-hybridized carbons (Fsp3) is 0.167. The fourth-order valence-corrected chi connectivity index (χ4v) is 2.63. The maximum Gasteiger partial charge on any atom is 0.255 e. The summed E-state index contributed by atoms with van der Waals surface area (Å²) >= 11 is 5.97. The van der Waals surface area contributed by atoms with Crippen LogP contribution in [-0.2, 0) is 0 Å². The van der Waals surface area contributed by atoms with Gasteiger partial charge < -0.3 is 15.0 Å². The number of benzene rings is 1. The van der Waals surface area contributed by atoms with Gasteiger partial charge in [-0.05, 0) is 31.2 Å². The number of halogens is 1. The number of carbonyl (C=O) groups excluding carboxylic acids is 1. The lowest BCUT2D eigenvalue weighted by Gasteiger charge is -2.15. The van der Waals surface area contributed by atoms with E-state index in [0.717, 1.165) is 0 Å². The lowest BCUT2D eigenvalue weighted by atomic mass is 10.1. The first-order valence-electron chi connectivity index (χ1n) is 8.00. The molecule has 0 saturated carbocycles. The van der Waals surface area contributed by atoms with Crippen molar-refractivity contribution < 1.29 is 9.53 Å². The summed E-state index contributed by atoms with van der Waals surface area (Å²) in [5, 5.41) is 3.19. The van der Waals surface area contributed by atoms with Gasteiger partial charge in [0.1, 0.15) is 17.9 Å². The zero-order valence-corrected chi connectivity index (χ0v) is 15.3. The van der Waals surface area contributed by atoms with Crippen LogP contribution in [0.2, 0.25) is 5.02 Å². The lowest BCUT2D eigenvalue weighted by Crippen LogP contribution is -2.29. The highest BCUT2D eigenvalue weighted by atomic mass is 35.5. The quantitative estimate of drug-likeness (QED) is 0.697. The van der Waals surface area contributed by atoms with Crippen molar-refractivity contribution in [1.29, 1.82) is 0 Å². The van der Waals surface area contributed by atoms with Crippen LogP contribution >= 0.6 is 11.6 Å². The highest BCUT2D eigenvalue weighted by Crippen LogP contribution is 2.23. The summed E-state index contributed by atoms with van der Waals surface area (Å²) < 4.78 is 5.20. The van der Waals surface area contributed by atoms with Crippen molar-refractivity contribution in [3.63, 3.8) is 0 Å². The van der Waals surface area contributed by atoms with Crippen LogP contribution in [0.4, 0.5) is 0 Å². The molecule has 1 amide bonds. The molecule has 2 aromatic heterocycles. The number of rotatable bonds is 5. The van der Waals surface area contributed by atoms with Crippen LogP contribution in [0.25, 0.3) is 11.4 Å². The number of aromatic amines is 1. The topological polar surface area (TPSA) is 110 Å². The molecular weight excluding hydrogens is 370 g/mol. The Bertz CT molecular complexity index is 1020. The molecule has 2 N–H and O–H groups in total. The van der Waals surface area contributed by atoms with Crippen molar-refractivity contribution >= 4 is 17.5 Å². The van der Waals surface area contributed by atoms with Gasteiger partial charge >= 0.3 is 0 Å². The molecule has 8 nitrogen and oxygen atoms in total. The minimum Gasteiger partial charge on any atom is -0.496 e. The second-order valence-electron chi connectivity index (χ2n) is 5.65. The molecule has 3 rings (SSSR count). The van der Waals surface area contributed by atoms with Crippen LogP contribution in [0.3, 0.4) is 0 Å². The Morgan fingerprint density at radius 3 is 2.78 bits per heavy atom. The van der Waals surface area contributed by atoms with E-state index in [9.17, 15) is 9.59 Å². The third kappa shape index (κ3) is 4.29. The van der Waals surface area contributed by atoms with Crippen LogP contribution in [-0.4, -0.2) is 33.0 Å². The number of hydrogen-bond donors (Lipinski definition) is 2. The monoisotopic (exact) mass is 385 g/mol. The number of methoxy groups -OCH3 is 1. The van der Waals surface area contributed by atoms with E-state index in [0.29, 0.717) is 28.0 Å². The van der Waals surface area contributed by atoms with Gasteiger partial charge in [0.05, 0.1) is 30.1 Å². The third-order valence-corrected chi connectivity index (χ3v) is 4.00. The summed E-state index contributed by atoms with van der Waals surface area (Å²) in [4.78, 5) is 39.6. The van der Waals surface area contributed by atoms with Gasteiger partial charge in [-0.2, -0.15) is 0 Å². The summed E-state index contributed by atoms with van der Waals surface area (Å²) in [6.07, 6.45) is 2.93. The normalized spacial score (nSPS) is 11.7. The van der Waals surface area contributed by atoms with Crippen molar-refractivity contribution in [3.8, 4) is 17.1 Å². The van der Waals surface area contributed by atoms with Crippen molar-refractivity contribution in [2.45, 2.75) is 13.0 Å². The van der Waals surface area contributed by atoms with Gasteiger partial charge in [0.25, 0.3) is 11.5 Å². The zero-order valence-electron chi connectivity index (χ0n) is 14.6. The van der Waals surface area contributed by atoms with E-state index >= 15 is 0 Å². The molecule has 1 unspecified atom stereocenters. The van der Waals surface area contributed by atoms with Crippen molar-refractivity contribution in [2.24, 2.45) is 0 Å². The first-order valence-corrected chi connectivity index (χ1v) is 8.38. The molecule has 0 aliphatic carbocycles. The second-order valence-corrected chi connectivity index (χ2v) is 6.09. The average molecular weight is 386 g/mol. The number of hydrogen-bond acceptors (Lipinski definition) is 6. The zero-order chi connectivity index (χ0) is 19.4. The third-order valence-electron chi connectivity index (χ3n) is 3.77. The van der Waals surface area contributed by atoms with Gasteiger partial charge in [-0.25, -0.2) is 15.0 Å². The number of nitrogens with one attached hydrogen (secondary N) is 2. The minimum absolute atomic E-state index is 0.283. The summed E-state index contributed by atoms with van der Waals surface area (Å²) in [6.45, 7) is 1.71. The molecule has 0 aliphatic rings. The molecule has 0 fully saturated rings. The van der Waals surface area contributed by atoms with Crippen LogP contribution in [0.1, 0.15) is 29.1 Å². The number of aromatic nitrogens is 4. The molecule has 0 radical (unpaired) electrons. The Morgan fingerprint density at radius 2 is 2.07 bits per heavy atom. The Kier molecular flexibility index (Phi) is 5.46. The Morgan fingerprint density at radius 1 is 1.26 bits per heavy atom. The fourth-order valence-electron chi connectivity index (χ4n) is 2.46. The Balaban J connectivity index is 1.87. The van der Waals surface area contributed by atoms with Crippen LogP contribution in [0, 0.1) is 0 Å². The van der Waals surface area contributed by atoms with Gasteiger partial charge in [0, 0.05) is 17.3 Å². The average Bonchev–Trinajstić information content (AvgIpc) is 2.68. The number of H-pyrrole nitrogens is 1. The van der Waals surface area contributed by atoms with Gasteiger partial charge in [0.15, 0.2) is 0 Å². The van der Waals surface area contributed by atoms with Crippen LogP contribution in [0.5, 0.6) is 5.75 Å². The van der Waals surface area contributed by atoms with Gasteiger partial charge in [-0.15, -0.1) is 0 Å². The number of nitrogens with zero attached hydrogens (tertiary/aromatic N) is 3. The molecule has 2 heterocycles. The molecular formula is C18H16ClN5O3. The van der Waals surface area contributed by atoms with E-state index in [1.165, 1.54) is 25.6 Å². The van der Waals surface area contributed by atoms with Gasteiger partial charge in [-0.3, -0.25) is 9.59 Å². The summed E-state index contributed by atoms with van der Waals surface area (Å²) in [5.41, 5.74) is 0.825. The highest BCUT2D eigenvalue weighted by molar-refractivity contribution is 6.31. The standard InChI is InChI=1S/C18H16ClN5O3/c1-10(22-18(26)12-7-11(19)3-4-15(12)27-2)17-23-14(8-16(25)24-17)13-5-6-20-9-21-13/h3-10H,1-2H3,(H,22,26)(H,23,24,25). The van der Waals surface area contributed by atoms with E-state index in [4.69, 9.17) is 16.3 Å². The molecule has 0 spiro atoms. The largest absolute Gasteiger partial charge is 0.496 e. The Labute approximate surface area is 159 Å². The highest BCUT2D eigenvalue weighted by Gasteiger charge is 2.18. The predicted octanol–water partition coefficient (Wildman–Crippen LogP) is 2.38. The molecule has 0 saturated heterocycles. The first kappa shape index (κ1) is 18.5. The molecule has 1 atom stereocenters. The van der Waals surface area contributed by atoms with E-state index in [1.54, 1.807) is 31.3 Å². The van der Waals surface area contributed by atoms with Crippen molar-refractivity contribution in [1.82, 2.24) is 25.3 Å². The molecule has 9 heteroatoms. The summed E-state index contributed by atoms with van der Waals surface area (Å²) in [7, 11) is 1.47. The number of amides is 1. The molecule has 0 aliphatic heterocycles. The second kappa shape index (κ2) is 7.96. The molecule has 138 valence electrons. The van der Waals surface area contributed by atoms with Crippen molar-refractivity contribution in [2.75, 3.05) is 7.11 Å². The Hall–Kier alpha value is -3.26. The molecule has 3 aromatic rings. The number of carbonyl (C=O) groups is 1. The van der Waals surface area contributed by atoms with E-state index < -0.39 is 11.9 Å². The van der Waals surface area contributed by atoms with E-state index in [-0.39, 0.29) is 11.1 Å². The molecule has 1 aromatic carbocycles. The maximum absolute atomic E-state index is 12.6. The summed E-state index contributed by atoms with van der Waals surface area (Å²) in [6, 6.07) is 7.15. The first-order chi connectivity index (χ1) is 13.0. The maximum atomic E-state index is 12.6. The smallest absolute Gasteiger partial charge is 0.255 e. The van der Waals surface area contributed by atoms with E-state index in [2.05, 4.69) is 25.3 Å². The van der Waals surface area contributed by atoms with Crippen molar-refractivity contribution in [3.05, 3.63) is 69.6 Å². The van der Waals surface area contributed by atoms with Crippen LogP contribution < -0.4 is 15.6 Å². The van der Waals surface area contributed by atoms with E-state index in [1.807, 2.05) is 0 Å². The van der Waals surface area contributed by atoms with Gasteiger partial charge in [-0.1, -0.05) is 11.6 Å². The summed E-state index contributed by atoms with van der Waals surface area (Å²) in [5.74, 6) is 0.280.